The quantitative estimate of drug-likeness (QED) is 0.264. The summed E-state index contributed by atoms with van der Waals surface area (Å²) in [7, 11) is 0. The minimum Gasteiger partial charge on any atom is -0.423 e. The van der Waals surface area contributed by atoms with Gasteiger partial charge in [-0.15, -0.1) is 0 Å². The molecule has 160 valence electrons. The monoisotopic (exact) mass is 467 g/mol. The lowest BCUT2D eigenvalue weighted by Crippen LogP contribution is -2.27. The van der Waals surface area contributed by atoms with E-state index in [1.165, 1.54) is 24.3 Å². The Balaban J connectivity index is 1.44. The van der Waals surface area contributed by atoms with Crippen LogP contribution in [-0.4, -0.2) is 22.0 Å². The van der Waals surface area contributed by atoms with E-state index in [0.717, 1.165) is 16.7 Å². The number of hydrogen-bond donors (Lipinski definition) is 0. The molecule has 8 heteroatoms. The van der Waals surface area contributed by atoms with Crippen LogP contribution in [0.2, 0.25) is 5.02 Å². The first-order chi connectivity index (χ1) is 15.4. The molecule has 3 aromatic carbocycles. The van der Waals surface area contributed by atoms with Crippen molar-refractivity contribution in [1.82, 2.24) is 4.90 Å². The van der Waals surface area contributed by atoms with Crippen molar-refractivity contribution in [2.75, 3.05) is 0 Å². The van der Waals surface area contributed by atoms with Crippen molar-refractivity contribution >= 4 is 46.6 Å². The molecule has 0 unspecified atom stereocenters. The van der Waals surface area contributed by atoms with E-state index >= 15 is 0 Å². The predicted octanol–water partition coefficient (Wildman–Crippen LogP) is 5.93. The predicted molar refractivity (Wildman–Crippen MR) is 121 cm³/mol. The maximum atomic E-state index is 13.1. The normalized spacial score (nSPS) is 14.8. The highest BCUT2D eigenvalue weighted by molar-refractivity contribution is 8.18. The number of imide groups is 1. The van der Waals surface area contributed by atoms with E-state index in [0.29, 0.717) is 21.9 Å². The summed E-state index contributed by atoms with van der Waals surface area (Å²) in [4.78, 5) is 38.6. The third-order valence-electron chi connectivity index (χ3n) is 4.61. The summed E-state index contributed by atoms with van der Waals surface area (Å²) in [5.74, 6) is -1.07. The minimum absolute atomic E-state index is 0.0687. The summed E-state index contributed by atoms with van der Waals surface area (Å²) in [5.41, 5.74) is 1.57. The van der Waals surface area contributed by atoms with Crippen molar-refractivity contribution in [1.29, 1.82) is 0 Å². The van der Waals surface area contributed by atoms with Gasteiger partial charge in [0.05, 0.1) is 22.0 Å². The number of ether oxygens (including phenoxy) is 1. The number of carbonyl (C=O) groups is 3. The Morgan fingerprint density at radius 2 is 1.69 bits per heavy atom. The zero-order valence-electron chi connectivity index (χ0n) is 16.5. The number of esters is 1. The molecule has 1 saturated heterocycles. The molecule has 3 aromatic rings. The standard InChI is InChI=1S/C24H15ClFNO4S/c25-20-4-2-1-3-19(20)23(29)31-18-11-7-15(8-12-18)13-21-22(28)27(24(30)32-21)14-16-5-9-17(26)10-6-16/h1-13H,14H2/b21-13-. The van der Waals surface area contributed by atoms with Gasteiger partial charge in [0.1, 0.15) is 11.6 Å². The molecule has 0 atom stereocenters. The van der Waals surface area contributed by atoms with Crippen LogP contribution in [0, 0.1) is 5.82 Å². The Morgan fingerprint density at radius 1 is 1.00 bits per heavy atom. The zero-order valence-corrected chi connectivity index (χ0v) is 18.0. The van der Waals surface area contributed by atoms with E-state index < -0.39 is 17.1 Å². The highest BCUT2D eigenvalue weighted by Gasteiger charge is 2.34. The van der Waals surface area contributed by atoms with Crippen LogP contribution >= 0.6 is 23.4 Å². The van der Waals surface area contributed by atoms with E-state index in [1.54, 1.807) is 54.6 Å². The van der Waals surface area contributed by atoms with Gasteiger partial charge >= 0.3 is 5.97 Å². The molecule has 0 aliphatic carbocycles. The highest BCUT2D eigenvalue weighted by Crippen LogP contribution is 2.33. The molecule has 5 nitrogen and oxygen atoms in total. The van der Waals surface area contributed by atoms with Crippen LogP contribution in [0.4, 0.5) is 9.18 Å². The maximum Gasteiger partial charge on any atom is 0.345 e. The second kappa shape index (κ2) is 9.38. The smallest absolute Gasteiger partial charge is 0.345 e. The number of thioether (sulfide) groups is 1. The van der Waals surface area contributed by atoms with Gasteiger partial charge in [-0.25, -0.2) is 9.18 Å². The summed E-state index contributed by atoms with van der Waals surface area (Å²) in [5, 5.41) is -0.0960. The Kier molecular flexibility index (Phi) is 6.39. The molecule has 0 saturated carbocycles. The molecule has 0 aromatic heterocycles. The van der Waals surface area contributed by atoms with Crippen molar-refractivity contribution in [2.45, 2.75) is 6.54 Å². The minimum atomic E-state index is -0.578. The van der Waals surface area contributed by atoms with E-state index in [1.807, 2.05) is 0 Å². The fourth-order valence-electron chi connectivity index (χ4n) is 2.98. The molecule has 0 N–H and O–H groups in total. The molecule has 2 amide bonds. The van der Waals surface area contributed by atoms with Crippen molar-refractivity contribution < 1.29 is 23.5 Å². The number of hydrogen-bond acceptors (Lipinski definition) is 5. The molecule has 32 heavy (non-hydrogen) atoms. The van der Waals surface area contributed by atoms with Gasteiger partial charge in [0.2, 0.25) is 0 Å². The fraction of sp³-hybridized carbons (Fsp3) is 0.0417. The summed E-state index contributed by atoms with van der Waals surface area (Å²) in [6, 6.07) is 18.7. The number of amides is 2. The van der Waals surface area contributed by atoms with Gasteiger partial charge in [-0.05, 0) is 65.4 Å². The average molecular weight is 468 g/mol. The van der Waals surface area contributed by atoms with E-state index in [2.05, 4.69) is 0 Å². The fourth-order valence-corrected chi connectivity index (χ4v) is 4.03. The molecule has 0 spiro atoms. The topological polar surface area (TPSA) is 63.7 Å². The molecular formula is C24H15ClFNO4S. The largest absolute Gasteiger partial charge is 0.423 e. The van der Waals surface area contributed by atoms with Crippen LogP contribution in [0.15, 0.2) is 77.7 Å². The van der Waals surface area contributed by atoms with Crippen LogP contribution in [0.3, 0.4) is 0 Å². The molecule has 4 rings (SSSR count). The van der Waals surface area contributed by atoms with Crippen molar-refractivity contribution in [3.8, 4) is 5.75 Å². The molecule has 0 radical (unpaired) electrons. The Morgan fingerprint density at radius 3 is 2.38 bits per heavy atom. The van der Waals surface area contributed by atoms with Gasteiger partial charge in [0.25, 0.3) is 11.1 Å². The van der Waals surface area contributed by atoms with Crippen molar-refractivity contribution in [3.63, 3.8) is 0 Å². The third-order valence-corrected chi connectivity index (χ3v) is 5.85. The van der Waals surface area contributed by atoms with Crippen LogP contribution in [0.1, 0.15) is 21.5 Å². The van der Waals surface area contributed by atoms with Crippen LogP contribution in [0.5, 0.6) is 5.75 Å². The lowest BCUT2D eigenvalue weighted by Gasteiger charge is -2.12. The van der Waals surface area contributed by atoms with Gasteiger partial charge in [0.15, 0.2) is 0 Å². The Hall–Kier alpha value is -3.42. The number of benzene rings is 3. The van der Waals surface area contributed by atoms with Gasteiger partial charge in [0, 0.05) is 0 Å². The number of nitrogens with zero attached hydrogens (tertiary/aromatic N) is 1. The lowest BCUT2D eigenvalue weighted by molar-refractivity contribution is -0.123. The van der Waals surface area contributed by atoms with Gasteiger partial charge in [-0.3, -0.25) is 14.5 Å². The number of rotatable bonds is 5. The first-order valence-corrected chi connectivity index (χ1v) is 10.7. The van der Waals surface area contributed by atoms with Crippen LogP contribution in [-0.2, 0) is 11.3 Å². The van der Waals surface area contributed by atoms with E-state index in [-0.39, 0.29) is 22.8 Å². The molecule has 1 heterocycles. The van der Waals surface area contributed by atoms with Crippen LogP contribution < -0.4 is 4.74 Å². The van der Waals surface area contributed by atoms with E-state index in [9.17, 15) is 18.8 Å². The van der Waals surface area contributed by atoms with Crippen molar-refractivity contribution in [3.05, 3.63) is 105 Å². The molecule has 1 aliphatic rings. The summed E-state index contributed by atoms with van der Waals surface area (Å²) in [6.07, 6.45) is 1.59. The summed E-state index contributed by atoms with van der Waals surface area (Å²) in [6.45, 7) is 0.0687. The number of carbonyl (C=O) groups excluding carboxylic acids is 3. The molecular weight excluding hydrogens is 453 g/mol. The Labute approximate surface area is 192 Å². The second-order valence-corrected chi connectivity index (χ2v) is 8.23. The maximum absolute atomic E-state index is 13.1. The van der Waals surface area contributed by atoms with Crippen LogP contribution in [0.25, 0.3) is 6.08 Å². The third kappa shape index (κ3) is 4.90. The average Bonchev–Trinajstić information content (AvgIpc) is 3.04. The summed E-state index contributed by atoms with van der Waals surface area (Å²) < 4.78 is 18.4. The van der Waals surface area contributed by atoms with Crippen molar-refractivity contribution in [2.24, 2.45) is 0 Å². The SMILES string of the molecule is O=C(Oc1ccc(/C=C2\SC(=O)N(Cc3ccc(F)cc3)C2=O)cc1)c1ccccc1Cl. The van der Waals surface area contributed by atoms with E-state index in [4.69, 9.17) is 16.3 Å². The van der Waals surface area contributed by atoms with Gasteiger partial charge in [-0.1, -0.05) is 48.0 Å². The Bertz CT molecular complexity index is 1230. The lowest BCUT2D eigenvalue weighted by atomic mass is 10.2. The second-order valence-electron chi connectivity index (χ2n) is 6.83. The molecule has 1 fully saturated rings. The number of halogens is 2. The zero-order chi connectivity index (χ0) is 22.7. The summed E-state index contributed by atoms with van der Waals surface area (Å²) >= 11 is 6.85. The highest BCUT2D eigenvalue weighted by atomic mass is 35.5. The first-order valence-electron chi connectivity index (χ1n) is 9.47. The first kappa shape index (κ1) is 21.8. The molecule has 0 bridgehead atoms. The van der Waals surface area contributed by atoms with Gasteiger partial charge < -0.3 is 4.74 Å². The molecule has 1 aliphatic heterocycles. The van der Waals surface area contributed by atoms with Gasteiger partial charge in [-0.2, -0.15) is 0 Å².